The number of rotatable bonds is 2. The van der Waals surface area contributed by atoms with E-state index in [0.717, 1.165) is 16.3 Å². The SMILES string of the molecule is COc1cc2cc3c(N)[nH]nc3nc2cc1OC. The number of benzene rings is 1. The van der Waals surface area contributed by atoms with E-state index in [2.05, 4.69) is 15.2 Å². The van der Waals surface area contributed by atoms with Gasteiger partial charge in [0.05, 0.1) is 25.1 Å². The van der Waals surface area contributed by atoms with E-state index < -0.39 is 0 Å². The highest BCUT2D eigenvalue weighted by Gasteiger charge is 2.10. The third-order valence-electron chi connectivity index (χ3n) is 2.87. The first-order valence-electron chi connectivity index (χ1n) is 5.39. The van der Waals surface area contributed by atoms with E-state index in [1.807, 2.05) is 18.2 Å². The summed E-state index contributed by atoms with van der Waals surface area (Å²) in [6.45, 7) is 0. The molecule has 0 fully saturated rings. The van der Waals surface area contributed by atoms with Gasteiger partial charge in [-0.2, -0.15) is 5.10 Å². The Morgan fingerprint density at radius 3 is 2.56 bits per heavy atom. The molecule has 0 aliphatic rings. The fourth-order valence-electron chi connectivity index (χ4n) is 1.95. The Kier molecular flexibility index (Phi) is 2.22. The summed E-state index contributed by atoms with van der Waals surface area (Å²) in [5.74, 6) is 1.81. The van der Waals surface area contributed by atoms with Gasteiger partial charge in [0.1, 0.15) is 5.82 Å². The van der Waals surface area contributed by atoms with Gasteiger partial charge >= 0.3 is 0 Å². The fraction of sp³-hybridized carbons (Fsp3) is 0.167. The van der Waals surface area contributed by atoms with E-state index in [1.54, 1.807) is 14.2 Å². The molecule has 2 heterocycles. The monoisotopic (exact) mass is 244 g/mol. The Morgan fingerprint density at radius 1 is 1.11 bits per heavy atom. The van der Waals surface area contributed by atoms with Gasteiger partial charge in [-0.15, -0.1) is 0 Å². The number of methoxy groups -OCH3 is 2. The lowest BCUT2D eigenvalue weighted by Gasteiger charge is -2.08. The van der Waals surface area contributed by atoms with Crippen LogP contribution < -0.4 is 15.2 Å². The molecule has 0 radical (unpaired) electrons. The van der Waals surface area contributed by atoms with E-state index in [4.69, 9.17) is 15.2 Å². The van der Waals surface area contributed by atoms with Gasteiger partial charge in [0.2, 0.25) is 0 Å². The molecule has 0 saturated carbocycles. The summed E-state index contributed by atoms with van der Waals surface area (Å²) in [6, 6.07) is 5.62. The maximum Gasteiger partial charge on any atom is 0.183 e. The molecule has 0 saturated heterocycles. The summed E-state index contributed by atoms with van der Waals surface area (Å²) >= 11 is 0. The first-order chi connectivity index (χ1) is 8.72. The highest BCUT2D eigenvalue weighted by Crippen LogP contribution is 2.33. The number of ether oxygens (including phenoxy) is 2. The van der Waals surface area contributed by atoms with Gasteiger partial charge in [0, 0.05) is 11.5 Å². The summed E-state index contributed by atoms with van der Waals surface area (Å²) < 4.78 is 10.5. The third-order valence-corrected chi connectivity index (χ3v) is 2.87. The first kappa shape index (κ1) is 10.6. The van der Waals surface area contributed by atoms with Crippen molar-refractivity contribution in [2.75, 3.05) is 20.0 Å². The number of aromatic amines is 1. The Balaban J connectivity index is 2.37. The number of aromatic nitrogens is 3. The maximum atomic E-state index is 5.78. The Hall–Kier alpha value is -2.50. The average Bonchev–Trinajstić information content (AvgIpc) is 2.75. The van der Waals surface area contributed by atoms with Crippen LogP contribution in [0.2, 0.25) is 0 Å². The number of fused-ring (bicyclic) bond motifs is 2. The molecule has 0 unspecified atom stereocenters. The molecule has 0 bridgehead atoms. The van der Waals surface area contributed by atoms with Crippen LogP contribution in [0.1, 0.15) is 0 Å². The van der Waals surface area contributed by atoms with Crippen LogP contribution in [-0.4, -0.2) is 29.4 Å². The van der Waals surface area contributed by atoms with Crippen molar-refractivity contribution in [2.24, 2.45) is 0 Å². The molecule has 3 aromatic rings. The Labute approximate surface area is 103 Å². The number of nitrogens with two attached hydrogens (primary N) is 1. The molecule has 92 valence electrons. The molecule has 0 spiro atoms. The van der Waals surface area contributed by atoms with Gasteiger partial charge in [-0.05, 0) is 12.1 Å². The van der Waals surface area contributed by atoms with E-state index in [1.165, 1.54) is 0 Å². The molecule has 0 amide bonds. The number of nitrogen functional groups attached to an aromatic ring is 1. The number of nitrogens with one attached hydrogen (secondary N) is 1. The second kappa shape index (κ2) is 3.76. The lowest BCUT2D eigenvalue weighted by atomic mass is 10.1. The smallest absolute Gasteiger partial charge is 0.183 e. The van der Waals surface area contributed by atoms with Crippen LogP contribution in [0.4, 0.5) is 5.82 Å². The number of hydrogen-bond donors (Lipinski definition) is 2. The zero-order chi connectivity index (χ0) is 12.7. The second-order valence-electron chi connectivity index (χ2n) is 3.90. The highest BCUT2D eigenvalue weighted by molar-refractivity contribution is 5.97. The van der Waals surface area contributed by atoms with Crippen molar-refractivity contribution in [3.63, 3.8) is 0 Å². The third kappa shape index (κ3) is 1.42. The number of nitrogens with zero attached hydrogens (tertiary/aromatic N) is 2. The van der Waals surface area contributed by atoms with Crippen LogP contribution >= 0.6 is 0 Å². The minimum Gasteiger partial charge on any atom is -0.493 e. The van der Waals surface area contributed by atoms with Crippen LogP contribution in [0, 0.1) is 0 Å². The lowest BCUT2D eigenvalue weighted by molar-refractivity contribution is 0.356. The molecule has 2 aromatic heterocycles. The van der Waals surface area contributed by atoms with Crippen LogP contribution in [0.25, 0.3) is 21.9 Å². The number of hydrogen-bond acceptors (Lipinski definition) is 5. The minimum atomic E-state index is 0.509. The summed E-state index contributed by atoms with van der Waals surface area (Å²) in [5.41, 5.74) is 7.15. The molecule has 0 atom stereocenters. The predicted molar refractivity (Wildman–Crippen MR) is 68.9 cm³/mol. The maximum absolute atomic E-state index is 5.78. The van der Waals surface area contributed by atoms with E-state index in [0.29, 0.717) is 23.0 Å². The van der Waals surface area contributed by atoms with Crippen molar-refractivity contribution in [3.05, 3.63) is 18.2 Å². The number of anilines is 1. The molecular formula is C12H12N4O2. The largest absolute Gasteiger partial charge is 0.493 e. The van der Waals surface area contributed by atoms with Crippen LogP contribution in [-0.2, 0) is 0 Å². The standard InChI is InChI=1S/C12H12N4O2/c1-17-9-4-6-3-7-11(13)15-16-12(7)14-8(6)5-10(9)18-2/h3-5H,1-2H3,(H3,13,14,15,16). The predicted octanol–water partition coefficient (Wildman–Crippen LogP) is 1.71. The summed E-state index contributed by atoms with van der Waals surface area (Å²) in [6.07, 6.45) is 0. The number of pyridine rings is 1. The van der Waals surface area contributed by atoms with Crippen molar-refractivity contribution in [3.8, 4) is 11.5 Å². The average molecular weight is 244 g/mol. The van der Waals surface area contributed by atoms with E-state index in [9.17, 15) is 0 Å². The van der Waals surface area contributed by atoms with Gasteiger partial charge in [-0.25, -0.2) is 4.98 Å². The first-order valence-corrected chi connectivity index (χ1v) is 5.39. The van der Waals surface area contributed by atoms with Crippen molar-refractivity contribution in [1.82, 2.24) is 15.2 Å². The molecule has 6 heteroatoms. The molecule has 3 rings (SSSR count). The van der Waals surface area contributed by atoms with Gasteiger partial charge in [0.15, 0.2) is 17.1 Å². The van der Waals surface area contributed by atoms with Crippen molar-refractivity contribution < 1.29 is 9.47 Å². The molecule has 0 aliphatic carbocycles. The fourth-order valence-corrected chi connectivity index (χ4v) is 1.95. The van der Waals surface area contributed by atoms with E-state index in [-0.39, 0.29) is 0 Å². The van der Waals surface area contributed by atoms with Crippen LogP contribution in [0.5, 0.6) is 11.5 Å². The normalized spacial score (nSPS) is 11.0. The molecule has 18 heavy (non-hydrogen) atoms. The summed E-state index contributed by atoms with van der Waals surface area (Å²) in [7, 11) is 3.19. The van der Waals surface area contributed by atoms with E-state index >= 15 is 0 Å². The lowest BCUT2D eigenvalue weighted by Crippen LogP contribution is -1.92. The topological polar surface area (TPSA) is 86.0 Å². The minimum absolute atomic E-state index is 0.509. The zero-order valence-electron chi connectivity index (χ0n) is 10.0. The number of H-pyrrole nitrogens is 1. The highest BCUT2D eigenvalue weighted by atomic mass is 16.5. The van der Waals surface area contributed by atoms with Gasteiger partial charge < -0.3 is 15.2 Å². The quantitative estimate of drug-likeness (QED) is 0.716. The molecule has 6 nitrogen and oxygen atoms in total. The van der Waals surface area contributed by atoms with Crippen molar-refractivity contribution in [1.29, 1.82) is 0 Å². The second-order valence-corrected chi connectivity index (χ2v) is 3.90. The van der Waals surface area contributed by atoms with Crippen molar-refractivity contribution in [2.45, 2.75) is 0 Å². The zero-order valence-corrected chi connectivity index (χ0v) is 10.0. The van der Waals surface area contributed by atoms with Crippen LogP contribution in [0.3, 0.4) is 0 Å². The van der Waals surface area contributed by atoms with Gasteiger partial charge in [0.25, 0.3) is 0 Å². The molecule has 3 N–H and O–H groups in total. The Bertz CT molecular complexity index is 736. The van der Waals surface area contributed by atoms with Gasteiger partial charge in [-0.1, -0.05) is 0 Å². The summed E-state index contributed by atoms with van der Waals surface area (Å²) in [5, 5.41) is 8.47. The summed E-state index contributed by atoms with van der Waals surface area (Å²) in [4.78, 5) is 4.42. The molecule has 1 aromatic carbocycles. The molecular weight excluding hydrogens is 232 g/mol. The Morgan fingerprint density at radius 2 is 1.83 bits per heavy atom. The van der Waals surface area contributed by atoms with Crippen LogP contribution in [0.15, 0.2) is 18.2 Å². The molecule has 0 aliphatic heterocycles. The van der Waals surface area contributed by atoms with Gasteiger partial charge in [-0.3, -0.25) is 5.10 Å². The van der Waals surface area contributed by atoms with Crippen molar-refractivity contribution >= 4 is 27.8 Å².